The molecule has 0 aliphatic carbocycles. The van der Waals surface area contributed by atoms with Gasteiger partial charge in [-0.1, -0.05) is 26.0 Å². The zero-order valence-corrected chi connectivity index (χ0v) is 15.8. The Hall–Kier alpha value is -2.56. The van der Waals surface area contributed by atoms with E-state index in [9.17, 15) is 9.59 Å². The van der Waals surface area contributed by atoms with Crippen molar-refractivity contribution in [2.45, 2.75) is 20.8 Å². The molecule has 1 amide bonds. The van der Waals surface area contributed by atoms with Crippen LogP contribution in [0.15, 0.2) is 41.1 Å². The fourth-order valence-electron chi connectivity index (χ4n) is 2.85. The van der Waals surface area contributed by atoms with Crippen molar-refractivity contribution in [2.75, 3.05) is 32.6 Å². The van der Waals surface area contributed by atoms with Gasteiger partial charge >= 0.3 is 5.97 Å². The number of nitrogens with zero attached hydrogens (tertiary/aromatic N) is 2. The van der Waals surface area contributed by atoms with Crippen LogP contribution in [0.1, 0.15) is 26.3 Å². The van der Waals surface area contributed by atoms with E-state index in [1.165, 1.54) is 7.11 Å². The summed E-state index contributed by atoms with van der Waals surface area (Å²) in [5.41, 5.74) is 3.34. The van der Waals surface area contributed by atoms with Gasteiger partial charge in [-0.3, -0.25) is 4.79 Å². The molecule has 0 unspecified atom stereocenters. The second-order valence-electron chi connectivity index (χ2n) is 6.81. The number of carbonyl (C=O) groups is 2. The molecule has 0 atom stereocenters. The van der Waals surface area contributed by atoms with Crippen LogP contribution in [0.25, 0.3) is 6.08 Å². The normalized spacial score (nSPS) is 16.2. The van der Waals surface area contributed by atoms with Gasteiger partial charge in [-0.05, 0) is 36.6 Å². The molecule has 0 saturated heterocycles. The zero-order chi connectivity index (χ0) is 18.7. The van der Waals surface area contributed by atoms with Gasteiger partial charge in [0.2, 0.25) is 0 Å². The maximum Gasteiger partial charge on any atom is 0.340 e. The summed E-state index contributed by atoms with van der Waals surface area (Å²) < 4.78 is 4.90. The molecular weight excluding hydrogens is 316 g/mol. The molecule has 134 valence electrons. The molecule has 0 spiro atoms. The first-order chi connectivity index (χ1) is 11.8. The molecule has 1 aromatic carbocycles. The minimum atomic E-state index is -0.478. The number of hydrogen-bond acceptors (Lipinski definition) is 4. The zero-order valence-electron chi connectivity index (χ0n) is 15.8. The minimum Gasteiger partial charge on any atom is -0.465 e. The molecule has 0 fully saturated rings. The van der Waals surface area contributed by atoms with Crippen molar-refractivity contribution >= 4 is 23.6 Å². The smallest absolute Gasteiger partial charge is 0.340 e. The Bertz CT molecular complexity index is 728. The van der Waals surface area contributed by atoms with E-state index in [1.54, 1.807) is 17.9 Å². The van der Waals surface area contributed by atoms with E-state index >= 15 is 0 Å². The van der Waals surface area contributed by atoms with E-state index in [-0.39, 0.29) is 5.91 Å². The van der Waals surface area contributed by atoms with Crippen molar-refractivity contribution in [1.29, 1.82) is 0 Å². The first-order valence-corrected chi connectivity index (χ1v) is 8.36. The van der Waals surface area contributed by atoms with Crippen molar-refractivity contribution in [1.82, 2.24) is 4.90 Å². The maximum atomic E-state index is 12.9. The van der Waals surface area contributed by atoms with Gasteiger partial charge in [0.15, 0.2) is 0 Å². The van der Waals surface area contributed by atoms with Crippen LogP contribution in [-0.2, 0) is 14.3 Å². The molecule has 0 saturated carbocycles. The number of anilines is 1. The maximum absolute atomic E-state index is 12.9. The molecule has 25 heavy (non-hydrogen) atoms. The molecule has 1 aromatic rings. The molecule has 2 rings (SSSR count). The topological polar surface area (TPSA) is 49.9 Å². The fraction of sp³-hybridized carbons (Fsp3) is 0.400. The lowest BCUT2D eigenvalue weighted by atomic mass is 10.0. The van der Waals surface area contributed by atoms with Crippen molar-refractivity contribution in [2.24, 2.45) is 5.92 Å². The number of methoxy groups -OCH3 is 1. The van der Waals surface area contributed by atoms with E-state index in [4.69, 9.17) is 4.74 Å². The lowest BCUT2D eigenvalue weighted by Gasteiger charge is -2.19. The largest absolute Gasteiger partial charge is 0.465 e. The SMILES string of the molecule is COC(=O)C1=C(C)N(CC(C)C)C(=O)/C1=C\c1ccc(N(C)C)cc1. The van der Waals surface area contributed by atoms with Gasteiger partial charge in [0, 0.05) is 32.0 Å². The summed E-state index contributed by atoms with van der Waals surface area (Å²) in [5.74, 6) is -0.326. The van der Waals surface area contributed by atoms with Crippen molar-refractivity contribution in [3.05, 3.63) is 46.7 Å². The van der Waals surface area contributed by atoms with Gasteiger partial charge in [-0.15, -0.1) is 0 Å². The predicted octanol–water partition coefficient (Wildman–Crippen LogP) is 3.08. The van der Waals surface area contributed by atoms with Crippen LogP contribution in [-0.4, -0.2) is 44.5 Å². The van der Waals surface area contributed by atoms with Crippen LogP contribution in [0.5, 0.6) is 0 Å². The van der Waals surface area contributed by atoms with Gasteiger partial charge in [-0.2, -0.15) is 0 Å². The first kappa shape index (κ1) is 18.8. The highest BCUT2D eigenvalue weighted by Gasteiger charge is 2.37. The van der Waals surface area contributed by atoms with Crippen molar-refractivity contribution < 1.29 is 14.3 Å². The van der Waals surface area contributed by atoms with E-state index in [1.807, 2.05) is 57.1 Å². The lowest BCUT2D eigenvalue weighted by Crippen LogP contribution is -2.28. The number of allylic oxidation sites excluding steroid dienone is 1. The summed E-state index contributed by atoms with van der Waals surface area (Å²) in [6.07, 6.45) is 1.76. The van der Waals surface area contributed by atoms with Crippen LogP contribution in [0.4, 0.5) is 5.69 Å². The summed E-state index contributed by atoms with van der Waals surface area (Å²) in [7, 11) is 5.28. The van der Waals surface area contributed by atoms with Crippen molar-refractivity contribution in [3.8, 4) is 0 Å². The quantitative estimate of drug-likeness (QED) is 0.609. The van der Waals surface area contributed by atoms with Crippen LogP contribution < -0.4 is 4.90 Å². The summed E-state index contributed by atoms with van der Waals surface area (Å²) >= 11 is 0. The number of amides is 1. The number of benzene rings is 1. The molecule has 1 aliphatic heterocycles. The Morgan fingerprint density at radius 1 is 1.24 bits per heavy atom. The first-order valence-electron chi connectivity index (χ1n) is 8.36. The van der Waals surface area contributed by atoms with Gasteiger partial charge in [0.05, 0.1) is 18.3 Å². The van der Waals surface area contributed by atoms with Crippen LogP contribution in [0.3, 0.4) is 0 Å². The van der Waals surface area contributed by atoms with Gasteiger partial charge in [-0.25, -0.2) is 4.79 Å². The van der Waals surface area contributed by atoms with E-state index < -0.39 is 5.97 Å². The number of rotatable bonds is 5. The third-order valence-corrected chi connectivity index (χ3v) is 4.17. The third-order valence-electron chi connectivity index (χ3n) is 4.17. The monoisotopic (exact) mass is 342 g/mol. The second-order valence-corrected chi connectivity index (χ2v) is 6.81. The van der Waals surface area contributed by atoms with Gasteiger partial charge < -0.3 is 14.5 Å². The van der Waals surface area contributed by atoms with E-state index in [0.717, 1.165) is 11.3 Å². The predicted molar refractivity (Wildman–Crippen MR) is 100 cm³/mol. The van der Waals surface area contributed by atoms with E-state index in [2.05, 4.69) is 0 Å². The Balaban J connectivity index is 2.46. The second kappa shape index (κ2) is 7.55. The summed E-state index contributed by atoms with van der Waals surface area (Å²) in [6.45, 7) is 6.45. The Kier molecular flexibility index (Phi) is 5.67. The highest BCUT2D eigenvalue weighted by atomic mass is 16.5. The summed E-state index contributed by atoms with van der Waals surface area (Å²) in [5, 5.41) is 0. The molecule has 0 radical (unpaired) electrons. The van der Waals surface area contributed by atoms with Crippen LogP contribution in [0.2, 0.25) is 0 Å². The fourth-order valence-corrected chi connectivity index (χ4v) is 2.85. The standard InChI is InChI=1S/C20H26N2O3/c1-13(2)12-22-14(3)18(20(24)25-6)17(19(22)23)11-15-7-9-16(10-8-15)21(4)5/h7-11,13H,12H2,1-6H3/b17-11-. The number of esters is 1. The van der Waals surface area contributed by atoms with Crippen molar-refractivity contribution in [3.63, 3.8) is 0 Å². The van der Waals surface area contributed by atoms with Crippen LogP contribution >= 0.6 is 0 Å². The highest BCUT2D eigenvalue weighted by molar-refractivity contribution is 6.16. The van der Waals surface area contributed by atoms with E-state index in [0.29, 0.717) is 29.3 Å². The molecule has 0 bridgehead atoms. The van der Waals surface area contributed by atoms with Gasteiger partial charge in [0.1, 0.15) is 0 Å². The molecule has 0 aromatic heterocycles. The Morgan fingerprint density at radius 3 is 2.32 bits per heavy atom. The minimum absolute atomic E-state index is 0.150. The Labute approximate surface area is 149 Å². The highest BCUT2D eigenvalue weighted by Crippen LogP contribution is 2.32. The number of hydrogen-bond donors (Lipinski definition) is 0. The number of ether oxygens (including phenoxy) is 1. The number of carbonyl (C=O) groups excluding carboxylic acids is 2. The third kappa shape index (κ3) is 3.92. The summed E-state index contributed by atoms with van der Waals surface area (Å²) in [6, 6.07) is 7.83. The Morgan fingerprint density at radius 2 is 1.84 bits per heavy atom. The van der Waals surface area contributed by atoms with Gasteiger partial charge in [0.25, 0.3) is 5.91 Å². The molecule has 5 nitrogen and oxygen atoms in total. The molecule has 5 heteroatoms. The molecular formula is C20H26N2O3. The lowest BCUT2D eigenvalue weighted by molar-refractivity contribution is -0.136. The average Bonchev–Trinajstić information content (AvgIpc) is 2.79. The summed E-state index contributed by atoms with van der Waals surface area (Å²) in [4.78, 5) is 28.8. The average molecular weight is 342 g/mol. The van der Waals surface area contributed by atoms with Crippen LogP contribution in [0, 0.1) is 5.92 Å². The molecule has 1 aliphatic rings. The molecule has 0 N–H and O–H groups in total. The molecule has 1 heterocycles.